The number of carbonyl (C=O) groups is 1. The van der Waals surface area contributed by atoms with Crippen LogP contribution in [0.2, 0.25) is 0 Å². The lowest BCUT2D eigenvalue weighted by Crippen LogP contribution is -2.14. The highest BCUT2D eigenvalue weighted by Crippen LogP contribution is 2.15. The van der Waals surface area contributed by atoms with Crippen LogP contribution in [0.3, 0.4) is 0 Å². The molecule has 0 aliphatic heterocycles. The van der Waals surface area contributed by atoms with Gasteiger partial charge in [0.15, 0.2) is 17.0 Å². The van der Waals surface area contributed by atoms with Crippen molar-refractivity contribution in [2.45, 2.75) is 0 Å². The van der Waals surface area contributed by atoms with Gasteiger partial charge in [-0.15, -0.1) is 0 Å². The summed E-state index contributed by atoms with van der Waals surface area (Å²) in [6.07, 6.45) is 0. The summed E-state index contributed by atoms with van der Waals surface area (Å²) in [5.41, 5.74) is -0.0223. The van der Waals surface area contributed by atoms with Crippen LogP contribution in [0.15, 0.2) is 63.8 Å². The topological polar surface area (TPSA) is 65.7 Å². The smallest absolute Gasteiger partial charge is 0.374 e. The van der Waals surface area contributed by atoms with Crippen molar-refractivity contribution in [2.24, 2.45) is 0 Å². The molecule has 6 heteroatoms. The summed E-state index contributed by atoms with van der Waals surface area (Å²) in [5, 5.41) is 0.386. The zero-order chi connectivity index (χ0) is 16.9. The lowest BCUT2D eigenvalue weighted by atomic mass is 10.2. The van der Waals surface area contributed by atoms with Gasteiger partial charge < -0.3 is 13.9 Å². The second kappa shape index (κ2) is 6.95. The Kier molecular flexibility index (Phi) is 4.56. The highest BCUT2D eigenvalue weighted by Gasteiger charge is 2.13. The SMILES string of the molecule is O=C(OCCOc1ccccc1F)c1cc(=O)c2ccccc2o1. The van der Waals surface area contributed by atoms with Crippen LogP contribution in [0.1, 0.15) is 10.6 Å². The molecule has 0 saturated heterocycles. The molecule has 0 aliphatic carbocycles. The Labute approximate surface area is 136 Å². The lowest BCUT2D eigenvalue weighted by molar-refractivity contribution is 0.0413. The first kappa shape index (κ1) is 15.7. The summed E-state index contributed by atoms with van der Waals surface area (Å²) in [6, 6.07) is 13.6. The number of hydrogen-bond acceptors (Lipinski definition) is 5. The molecule has 2 aromatic carbocycles. The fourth-order valence-electron chi connectivity index (χ4n) is 2.12. The molecule has 5 nitrogen and oxygen atoms in total. The zero-order valence-corrected chi connectivity index (χ0v) is 12.5. The average Bonchev–Trinajstić information content (AvgIpc) is 2.60. The fourth-order valence-corrected chi connectivity index (χ4v) is 2.12. The number of ether oxygens (including phenoxy) is 2. The maximum absolute atomic E-state index is 13.4. The van der Waals surface area contributed by atoms with Crippen LogP contribution < -0.4 is 10.2 Å². The molecule has 0 radical (unpaired) electrons. The van der Waals surface area contributed by atoms with Crippen molar-refractivity contribution < 1.29 is 23.1 Å². The molecular formula is C18H13FO5. The van der Waals surface area contributed by atoms with E-state index in [9.17, 15) is 14.0 Å². The fraction of sp³-hybridized carbons (Fsp3) is 0.111. The molecule has 24 heavy (non-hydrogen) atoms. The molecular weight excluding hydrogens is 315 g/mol. The summed E-state index contributed by atoms with van der Waals surface area (Å²) in [6.45, 7) is -0.131. The minimum Gasteiger partial charge on any atom is -0.487 e. The second-order valence-electron chi connectivity index (χ2n) is 4.89. The van der Waals surface area contributed by atoms with Gasteiger partial charge in [-0.1, -0.05) is 24.3 Å². The molecule has 0 N–H and O–H groups in total. The van der Waals surface area contributed by atoms with Gasteiger partial charge in [-0.2, -0.15) is 0 Å². The number of halogens is 1. The van der Waals surface area contributed by atoms with Gasteiger partial charge in [0.2, 0.25) is 5.76 Å². The predicted molar refractivity (Wildman–Crippen MR) is 84.7 cm³/mol. The third kappa shape index (κ3) is 3.43. The third-order valence-electron chi connectivity index (χ3n) is 3.25. The molecule has 0 aliphatic rings. The van der Waals surface area contributed by atoms with Gasteiger partial charge in [0, 0.05) is 6.07 Å². The highest BCUT2D eigenvalue weighted by atomic mass is 19.1. The van der Waals surface area contributed by atoms with Gasteiger partial charge in [0.05, 0.1) is 5.39 Å². The molecule has 1 aromatic heterocycles. The zero-order valence-electron chi connectivity index (χ0n) is 12.5. The standard InChI is InChI=1S/C18H13FO5/c19-13-6-2-4-8-16(13)22-9-10-23-18(21)17-11-14(20)12-5-1-3-7-15(12)24-17/h1-8,11H,9-10H2. The Hall–Kier alpha value is -3.15. The second-order valence-corrected chi connectivity index (χ2v) is 4.89. The number of benzene rings is 2. The van der Waals surface area contributed by atoms with Crippen LogP contribution in [-0.4, -0.2) is 19.2 Å². The number of rotatable bonds is 5. The Balaban J connectivity index is 1.61. The van der Waals surface area contributed by atoms with Crippen molar-refractivity contribution >= 4 is 16.9 Å². The Morgan fingerprint density at radius 2 is 1.79 bits per heavy atom. The molecule has 0 atom stereocenters. The van der Waals surface area contributed by atoms with Gasteiger partial charge in [0.25, 0.3) is 0 Å². The molecule has 0 bridgehead atoms. The summed E-state index contributed by atoms with van der Waals surface area (Å²) in [7, 11) is 0. The van der Waals surface area contributed by atoms with Gasteiger partial charge in [-0.25, -0.2) is 9.18 Å². The van der Waals surface area contributed by atoms with Crippen LogP contribution in [-0.2, 0) is 4.74 Å². The molecule has 1 heterocycles. The predicted octanol–water partition coefficient (Wildman–Crippen LogP) is 3.17. The molecule has 0 saturated carbocycles. The van der Waals surface area contributed by atoms with E-state index in [1.54, 1.807) is 36.4 Å². The van der Waals surface area contributed by atoms with E-state index in [4.69, 9.17) is 13.9 Å². The van der Waals surface area contributed by atoms with Crippen LogP contribution in [0.25, 0.3) is 11.0 Å². The van der Waals surface area contributed by atoms with E-state index >= 15 is 0 Å². The summed E-state index contributed by atoms with van der Waals surface area (Å²) in [5.74, 6) is -1.39. The first-order valence-corrected chi connectivity index (χ1v) is 7.22. The van der Waals surface area contributed by atoms with E-state index in [-0.39, 0.29) is 30.2 Å². The molecule has 0 amide bonds. The summed E-state index contributed by atoms with van der Waals surface area (Å²) < 4.78 is 28.9. The van der Waals surface area contributed by atoms with Gasteiger partial charge in [-0.3, -0.25) is 4.79 Å². The Bertz CT molecular complexity index is 932. The molecule has 122 valence electrons. The summed E-state index contributed by atoms with van der Waals surface area (Å²) in [4.78, 5) is 23.9. The minimum absolute atomic E-state index is 0.0233. The number of fused-ring (bicyclic) bond motifs is 1. The molecule has 0 unspecified atom stereocenters. The van der Waals surface area contributed by atoms with E-state index < -0.39 is 11.8 Å². The quantitative estimate of drug-likeness (QED) is 0.532. The molecule has 3 aromatic rings. The van der Waals surface area contributed by atoms with Crippen LogP contribution in [0, 0.1) is 5.82 Å². The van der Waals surface area contributed by atoms with E-state index in [0.29, 0.717) is 11.0 Å². The lowest BCUT2D eigenvalue weighted by Gasteiger charge is -2.08. The molecule has 0 fully saturated rings. The van der Waals surface area contributed by atoms with Crippen LogP contribution in [0.4, 0.5) is 4.39 Å². The van der Waals surface area contributed by atoms with E-state index in [0.717, 1.165) is 6.07 Å². The average molecular weight is 328 g/mol. The van der Waals surface area contributed by atoms with Gasteiger partial charge in [-0.05, 0) is 24.3 Å². The Morgan fingerprint density at radius 1 is 1.04 bits per heavy atom. The van der Waals surface area contributed by atoms with E-state index in [2.05, 4.69) is 0 Å². The first-order valence-electron chi connectivity index (χ1n) is 7.22. The first-order chi connectivity index (χ1) is 11.6. The normalized spacial score (nSPS) is 10.5. The van der Waals surface area contributed by atoms with Crippen molar-refractivity contribution in [3.8, 4) is 5.75 Å². The van der Waals surface area contributed by atoms with Crippen molar-refractivity contribution in [1.29, 1.82) is 0 Å². The third-order valence-corrected chi connectivity index (χ3v) is 3.25. The van der Waals surface area contributed by atoms with Crippen molar-refractivity contribution in [3.63, 3.8) is 0 Å². The maximum atomic E-state index is 13.4. The molecule has 3 rings (SSSR count). The molecule has 0 spiro atoms. The van der Waals surface area contributed by atoms with E-state index in [1.165, 1.54) is 12.1 Å². The van der Waals surface area contributed by atoms with Crippen LogP contribution in [0.5, 0.6) is 5.75 Å². The summed E-state index contributed by atoms with van der Waals surface area (Å²) >= 11 is 0. The van der Waals surface area contributed by atoms with Crippen molar-refractivity contribution in [2.75, 3.05) is 13.2 Å². The Morgan fingerprint density at radius 3 is 2.62 bits per heavy atom. The number of hydrogen-bond donors (Lipinski definition) is 0. The van der Waals surface area contributed by atoms with Crippen LogP contribution >= 0.6 is 0 Å². The number of esters is 1. The highest BCUT2D eigenvalue weighted by molar-refractivity contribution is 5.88. The number of carbonyl (C=O) groups excluding carboxylic acids is 1. The van der Waals surface area contributed by atoms with Gasteiger partial charge in [0.1, 0.15) is 18.8 Å². The monoisotopic (exact) mass is 328 g/mol. The number of para-hydroxylation sites is 2. The van der Waals surface area contributed by atoms with Gasteiger partial charge >= 0.3 is 5.97 Å². The van der Waals surface area contributed by atoms with Crippen molar-refractivity contribution in [3.05, 3.63) is 76.4 Å². The van der Waals surface area contributed by atoms with E-state index in [1.807, 2.05) is 0 Å². The van der Waals surface area contributed by atoms with Crippen molar-refractivity contribution in [1.82, 2.24) is 0 Å². The maximum Gasteiger partial charge on any atom is 0.374 e. The minimum atomic E-state index is -0.782. The largest absolute Gasteiger partial charge is 0.487 e.